The van der Waals surface area contributed by atoms with Gasteiger partial charge in [-0.2, -0.15) is 0 Å². The second-order valence-electron chi connectivity index (χ2n) is 4.99. The number of carbonyl (C=O) groups excluding carboxylic acids is 2. The summed E-state index contributed by atoms with van der Waals surface area (Å²) < 4.78 is 5.23. The predicted molar refractivity (Wildman–Crippen MR) is 76.7 cm³/mol. The number of unbranched alkanes of at least 4 members (excludes halogenated alkanes) is 2. The topological polar surface area (TPSA) is 55.4 Å². The van der Waals surface area contributed by atoms with Crippen molar-refractivity contribution in [2.24, 2.45) is 5.92 Å². The van der Waals surface area contributed by atoms with Crippen LogP contribution in [0, 0.1) is 5.92 Å². The number of nitrogens with one attached hydrogen (secondary N) is 1. The quantitative estimate of drug-likeness (QED) is 0.398. The summed E-state index contributed by atoms with van der Waals surface area (Å²) in [6, 6.07) is -0.587. The average Bonchev–Trinajstić information content (AvgIpc) is 2.39. The molecule has 0 aromatic carbocycles. The van der Waals surface area contributed by atoms with E-state index >= 15 is 0 Å². The normalized spacial score (nSPS) is 13.5. The van der Waals surface area contributed by atoms with Crippen LogP contribution in [0.4, 0.5) is 0 Å². The SMILES string of the molecule is C=C(C)C(=O)N[C@H](C(=O)OCCCCC)[C@@H](C)CC. The van der Waals surface area contributed by atoms with Gasteiger partial charge in [0, 0.05) is 5.57 Å². The van der Waals surface area contributed by atoms with Gasteiger partial charge in [0.25, 0.3) is 0 Å². The van der Waals surface area contributed by atoms with E-state index in [2.05, 4.69) is 18.8 Å². The number of carbonyl (C=O) groups is 2. The lowest BCUT2D eigenvalue weighted by Gasteiger charge is -2.22. The van der Waals surface area contributed by atoms with Gasteiger partial charge in [0.05, 0.1) is 6.61 Å². The van der Waals surface area contributed by atoms with Crippen LogP contribution in [0.1, 0.15) is 53.4 Å². The molecule has 0 aliphatic heterocycles. The van der Waals surface area contributed by atoms with E-state index in [0.29, 0.717) is 12.2 Å². The van der Waals surface area contributed by atoms with Gasteiger partial charge in [-0.05, 0) is 19.3 Å². The molecule has 110 valence electrons. The lowest BCUT2D eigenvalue weighted by molar-refractivity contribution is -0.149. The second-order valence-corrected chi connectivity index (χ2v) is 4.99. The zero-order chi connectivity index (χ0) is 14.8. The molecule has 0 spiro atoms. The minimum absolute atomic E-state index is 0.0435. The molecule has 1 amide bonds. The number of hydrogen-bond donors (Lipinski definition) is 1. The molecule has 0 saturated heterocycles. The van der Waals surface area contributed by atoms with Crippen molar-refractivity contribution in [3.05, 3.63) is 12.2 Å². The van der Waals surface area contributed by atoms with Crippen LogP contribution in [0.2, 0.25) is 0 Å². The Morgan fingerprint density at radius 3 is 2.37 bits per heavy atom. The molecule has 0 bridgehead atoms. The Labute approximate surface area is 116 Å². The van der Waals surface area contributed by atoms with Crippen LogP contribution in [0.25, 0.3) is 0 Å². The third-order valence-corrected chi connectivity index (χ3v) is 3.13. The Morgan fingerprint density at radius 2 is 1.89 bits per heavy atom. The first-order valence-corrected chi connectivity index (χ1v) is 7.07. The third kappa shape index (κ3) is 6.99. The third-order valence-electron chi connectivity index (χ3n) is 3.13. The first kappa shape index (κ1) is 17.7. The molecule has 0 aromatic rings. The van der Waals surface area contributed by atoms with Gasteiger partial charge in [-0.25, -0.2) is 4.79 Å². The first-order chi connectivity index (χ1) is 8.93. The summed E-state index contributed by atoms with van der Waals surface area (Å²) in [6.07, 6.45) is 3.78. The number of hydrogen-bond acceptors (Lipinski definition) is 3. The van der Waals surface area contributed by atoms with E-state index in [-0.39, 0.29) is 17.8 Å². The Balaban J connectivity index is 4.44. The highest BCUT2D eigenvalue weighted by Crippen LogP contribution is 2.10. The predicted octanol–water partition coefficient (Wildman–Crippen LogP) is 2.83. The van der Waals surface area contributed by atoms with Crippen LogP contribution in [0.3, 0.4) is 0 Å². The zero-order valence-electron chi connectivity index (χ0n) is 12.6. The van der Waals surface area contributed by atoms with E-state index in [1.165, 1.54) is 0 Å². The van der Waals surface area contributed by atoms with Crippen molar-refractivity contribution < 1.29 is 14.3 Å². The summed E-state index contributed by atoms with van der Waals surface area (Å²) in [5.74, 6) is -0.599. The molecule has 4 heteroatoms. The van der Waals surface area contributed by atoms with E-state index in [0.717, 1.165) is 25.7 Å². The summed E-state index contributed by atoms with van der Waals surface area (Å²) in [5.41, 5.74) is 0.395. The largest absolute Gasteiger partial charge is 0.464 e. The molecular weight excluding hydrogens is 242 g/mol. The maximum absolute atomic E-state index is 12.0. The summed E-state index contributed by atoms with van der Waals surface area (Å²) in [7, 11) is 0. The molecule has 0 heterocycles. The minimum Gasteiger partial charge on any atom is -0.464 e. The highest BCUT2D eigenvalue weighted by molar-refractivity contribution is 5.95. The molecule has 2 atom stereocenters. The fourth-order valence-corrected chi connectivity index (χ4v) is 1.55. The van der Waals surface area contributed by atoms with Crippen LogP contribution in [0.15, 0.2) is 12.2 Å². The Morgan fingerprint density at radius 1 is 1.26 bits per heavy atom. The van der Waals surface area contributed by atoms with E-state index in [1.807, 2.05) is 13.8 Å². The number of esters is 1. The van der Waals surface area contributed by atoms with Crippen molar-refractivity contribution in [2.75, 3.05) is 6.61 Å². The van der Waals surface area contributed by atoms with Gasteiger partial charge in [0.15, 0.2) is 0 Å². The van der Waals surface area contributed by atoms with Crippen molar-refractivity contribution in [1.29, 1.82) is 0 Å². The summed E-state index contributed by atoms with van der Waals surface area (Å²) >= 11 is 0. The first-order valence-electron chi connectivity index (χ1n) is 7.07. The minimum atomic E-state index is -0.587. The summed E-state index contributed by atoms with van der Waals surface area (Å²) in [5, 5.41) is 2.69. The molecule has 0 unspecified atom stereocenters. The van der Waals surface area contributed by atoms with Gasteiger partial charge in [-0.3, -0.25) is 4.79 Å². The molecule has 0 aromatic heterocycles. The highest BCUT2D eigenvalue weighted by Gasteiger charge is 2.27. The van der Waals surface area contributed by atoms with Crippen LogP contribution >= 0.6 is 0 Å². The molecule has 0 rings (SSSR count). The molecule has 19 heavy (non-hydrogen) atoms. The molecule has 0 radical (unpaired) electrons. The van der Waals surface area contributed by atoms with Crippen LogP contribution < -0.4 is 5.32 Å². The second kappa shape index (κ2) is 9.59. The van der Waals surface area contributed by atoms with Crippen molar-refractivity contribution >= 4 is 11.9 Å². The summed E-state index contributed by atoms with van der Waals surface area (Å²) in [4.78, 5) is 23.6. The van der Waals surface area contributed by atoms with Crippen LogP contribution in [-0.4, -0.2) is 24.5 Å². The molecule has 0 aliphatic carbocycles. The standard InChI is InChI=1S/C15H27NO3/c1-6-8-9-10-19-15(18)13(12(5)7-2)16-14(17)11(3)4/h12-13H,3,6-10H2,1-2,4-5H3,(H,16,17)/t12-,13-/m0/s1. The van der Waals surface area contributed by atoms with Crippen molar-refractivity contribution in [2.45, 2.75) is 59.4 Å². The molecular formula is C15H27NO3. The number of amides is 1. The van der Waals surface area contributed by atoms with Gasteiger partial charge >= 0.3 is 5.97 Å². The Kier molecular flexibility index (Phi) is 8.92. The van der Waals surface area contributed by atoms with Gasteiger partial charge in [-0.1, -0.05) is 46.6 Å². The van der Waals surface area contributed by atoms with E-state index in [4.69, 9.17) is 4.74 Å². The Hall–Kier alpha value is -1.32. The van der Waals surface area contributed by atoms with Crippen LogP contribution in [0.5, 0.6) is 0 Å². The van der Waals surface area contributed by atoms with Crippen molar-refractivity contribution in [1.82, 2.24) is 5.32 Å². The fourth-order valence-electron chi connectivity index (χ4n) is 1.55. The highest BCUT2D eigenvalue weighted by atomic mass is 16.5. The zero-order valence-corrected chi connectivity index (χ0v) is 12.6. The molecule has 0 saturated carbocycles. The molecule has 4 nitrogen and oxygen atoms in total. The maximum Gasteiger partial charge on any atom is 0.328 e. The van der Waals surface area contributed by atoms with E-state index < -0.39 is 6.04 Å². The smallest absolute Gasteiger partial charge is 0.328 e. The lowest BCUT2D eigenvalue weighted by atomic mass is 9.99. The van der Waals surface area contributed by atoms with E-state index in [1.54, 1.807) is 6.92 Å². The van der Waals surface area contributed by atoms with Gasteiger partial charge in [0.2, 0.25) is 5.91 Å². The number of ether oxygens (including phenoxy) is 1. The molecule has 1 N–H and O–H groups in total. The van der Waals surface area contributed by atoms with E-state index in [9.17, 15) is 9.59 Å². The molecule has 0 fully saturated rings. The van der Waals surface area contributed by atoms with Crippen LogP contribution in [-0.2, 0) is 14.3 Å². The summed E-state index contributed by atoms with van der Waals surface area (Å²) in [6.45, 7) is 11.6. The fraction of sp³-hybridized carbons (Fsp3) is 0.733. The maximum atomic E-state index is 12.0. The number of rotatable bonds is 9. The van der Waals surface area contributed by atoms with Gasteiger partial charge < -0.3 is 10.1 Å². The van der Waals surface area contributed by atoms with Gasteiger partial charge in [0.1, 0.15) is 6.04 Å². The van der Waals surface area contributed by atoms with Crippen molar-refractivity contribution in [3.63, 3.8) is 0 Å². The monoisotopic (exact) mass is 269 g/mol. The Bertz CT molecular complexity index is 313. The molecule has 0 aliphatic rings. The van der Waals surface area contributed by atoms with Crippen molar-refractivity contribution in [3.8, 4) is 0 Å². The van der Waals surface area contributed by atoms with Gasteiger partial charge in [-0.15, -0.1) is 0 Å². The average molecular weight is 269 g/mol. The lowest BCUT2D eigenvalue weighted by Crippen LogP contribution is -2.46.